The highest BCUT2D eigenvalue weighted by Gasteiger charge is 2.17. The molecule has 0 atom stereocenters. The predicted molar refractivity (Wildman–Crippen MR) is 170 cm³/mol. The van der Waals surface area contributed by atoms with Crippen LogP contribution in [0.25, 0.3) is 0 Å². The first kappa shape index (κ1) is 33.2. The lowest BCUT2D eigenvalue weighted by atomic mass is 9.84. The van der Waals surface area contributed by atoms with E-state index in [-0.39, 0.29) is 0 Å². The van der Waals surface area contributed by atoms with Gasteiger partial charge >= 0.3 is 0 Å². The van der Waals surface area contributed by atoms with Gasteiger partial charge in [0.05, 0.1) is 0 Å². The Labute approximate surface area is 241 Å². The lowest BCUT2D eigenvalue weighted by Crippen LogP contribution is -2.04. The molecule has 0 bridgehead atoms. The SMILES string of the molecule is CCCCCCCCCCCCCCCCC(c1ccc(O)c(CCCC)c1)c1ccc(O)c(CCCC)c1. The summed E-state index contributed by atoms with van der Waals surface area (Å²) in [6.07, 6.45) is 26.7. The molecule has 0 aromatic heterocycles. The lowest BCUT2D eigenvalue weighted by Gasteiger charge is -2.21. The van der Waals surface area contributed by atoms with Gasteiger partial charge in [-0.05, 0) is 66.5 Å². The quantitative estimate of drug-likeness (QED) is 0.139. The number of phenolic OH excluding ortho intramolecular Hbond substituents is 2. The molecule has 0 amide bonds. The maximum atomic E-state index is 10.5. The zero-order chi connectivity index (χ0) is 28.1. The van der Waals surface area contributed by atoms with Crippen LogP contribution in [0, 0.1) is 0 Å². The second-order valence-electron chi connectivity index (χ2n) is 11.9. The van der Waals surface area contributed by atoms with Crippen LogP contribution in [0.2, 0.25) is 0 Å². The molecule has 2 aromatic rings. The van der Waals surface area contributed by atoms with E-state index in [4.69, 9.17) is 0 Å². The van der Waals surface area contributed by atoms with E-state index in [2.05, 4.69) is 45.0 Å². The lowest BCUT2D eigenvalue weighted by molar-refractivity contribution is 0.466. The Bertz CT molecular complexity index is 829. The fourth-order valence-corrected chi connectivity index (χ4v) is 5.85. The fourth-order valence-electron chi connectivity index (χ4n) is 5.85. The van der Waals surface area contributed by atoms with Gasteiger partial charge in [-0.2, -0.15) is 0 Å². The molecule has 39 heavy (non-hydrogen) atoms. The van der Waals surface area contributed by atoms with Crippen LogP contribution in [0.15, 0.2) is 36.4 Å². The monoisotopic (exact) mass is 536 g/mol. The van der Waals surface area contributed by atoms with Crippen LogP contribution in [-0.2, 0) is 12.8 Å². The van der Waals surface area contributed by atoms with E-state index in [9.17, 15) is 10.2 Å². The molecule has 2 aromatic carbocycles. The molecule has 0 spiro atoms. The smallest absolute Gasteiger partial charge is 0.118 e. The topological polar surface area (TPSA) is 40.5 Å². The van der Waals surface area contributed by atoms with E-state index in [1.54, 1.807) is 0 Å². The number of hydrogen-bond acceptors (Lipinski definition) is 2. The Kier molecular flexibility index (Phi) is 17.8. The second-order valence-corrected chi connectivity index (χ2v) is 11.9. The van der Waals surface area contributed by atoms with Crippen molar-refractivity contribution < 1.29 is 10.2 Å². The second kappa shape index (κ2) is 20.9. The number of aromatic hydroxyl groups is 2. The standard InChI is InChI=1S/C37H60O2/c1-4-7-10-11-12-13-14-15-16-17-18-19-20-21-24-35(31-25-27-36(38)33(29-31)22-8-5-2)32-26-28-37(39)34(30-32)23-9-6-3/h25-30,35,38-39H,4-24H2,1-3H3. The van der Waals surface area contributed by atoms with E-state index in [0.29, 0.717) is 17.4 Å². The zero-order valence-corrected chi connectivity index (χ0v) is 25.8. The van der Waals surface area contributed by atoms with Crippen molar-refractivity contribution in [1.29, 1.82) is 0 Å². The summed E-state index contributed by atoms with van der Waals surface area (Å²) >= 11 is 0. The van der Waals surface area contributed by atoms with Gasteiger partial charge in [-0.25, -0.2) is 0 Å². The van der Waals surface area contributed by atoms with Crippen molar-refractivity contribution in [2.45, 2.75) is 162 Å². The zero-order valence-electron chi connectivity index (χ0n) is 25.8. The van der Waals surface area contributed by atoms with E-state index in [1.807, 2.05) is 12.1 Å². The number of unbranched alkanes of at least 4 members (excludes halogenated alkanes) is 15. The summed E-state index contributed by atoms with van der Waals surface area (Å²) in [5.74, 6) is 1.16. The Hall–Kier alpha value is -1.96. The molecule has 0 saturated carbocycles. The van der Waals surface area contributed by atoms with Gasteiger partial charge in [0.15, 0.2) is 0 Å². The first-order valence-electron chi connectivity index (χ1n) is 16.7. The number of benzene rings is 2. The predicted octanol–water partition coefficient (Wildman–Crippen LogP) is 11.8. The molecular formula is C37H60O2. The van der Waals surface area contributed by atoms with E-state index in [1.165, 1.54) is 101 Å². The third-order valence-electron chi connectivity index (χ3n) is 8.46. The van der Waals surface area contributed by atoms with E-state index < -0.39 is 0 Å². The fraction of sp³-hybridized carbons (Fsp3) is 0.676. The molecule has 0 heterocycles. The van der Waals surface area contributed by atoms with Crippen molar-refractivity contribution in [1.82, 2.24) is 0 Å². The van der Waals surface area contributed by atoms with Crippen LogP contribution in [0.1, 0.15) is 171 Å². The van der Waals surface area contributed by atoms with Crippen molar-refractivity contribution in [2.24, 2.45) is 0 Å². The van der Waals surface area contributed by atoms with E-state index in [0.717, 1.165) is 56.1 Å². The van der Waals surface area contributed by atoms with Gasteiger partial charge in [-0.15, -0.1) is 0 Å². The highest BCUT2D eigenvalue weighted by molar-refractivity contribution is 5.44. The van der Waals surface area contributed by atoms with Crippen molar-refractivity contribution >= 4 is 0 Å². The average molecular weight is 537 g/mol. The highest BCUT2D eigenvalue weighted by atomic mass is 16.3. The van der Waals surface area contributed by atoms with Crippen molar-refractivity contribution in [3.8, 4) is 11.5 Å². The van der Waals surface area contributed by atoms with Crippen LogP contribution in [0.5, 0.6) is 11.5 Å². The maximum Gasteiger partial charge on any atom is 0.118 e. The average Bonchev–Trinajstić information content (AvgIpc) is 2.94. The maximum absolute atomic E-state index is 10.5. The Morgan fingerprint density at radius 2 is 0.821 bits per heavy atom. The molecule has 0 aliphatic rings. The minimum absolute atomic E-state index is 0.310. The highest BCUT2D eigenvalue weighted by Crippen LogP contribution is 2.35. The van der Waals surface area contributed by atoms with Crippen molar-refractivity contribution in [3.05, 3.63) is 58.7 Å². The Morgan fingerprint density at radius 1 is 0.462 bits per heavy atom. The number of aryl methyl sites for hydroxylation is 2. The first-order chi connectivity index (χ1) is 19.1. The summed E-state index contributed by atoms with van der Waals surface area (Å²) in [5, 5.41) is 20.9. The summed E-state index contributed by atoms with van der Waals surface area (Å²) < 4.78 is 0. The first-order valence-corrected chi connectivity index (χ1v) is 16.7. The molecule has 2 rings (SSSR count). The minimum atomic E-state index is 0.310. The molecule has 2 nitrogen and oxygen atoms in total. The van der Waals surface area contributed by atoms with Gasteiger partial charge in [0, 0.05) is 5.92 Å². The number of rotatable bonds is 23. The van der Waals surface area contributed by atoms with Gasteiger partial charge in [-0.1, -0.05) is 148 Å². The molecule has 0 aliphatic heterocycles. The van der Waals surface area contributed by atoms with Crippen molar-refractivity contribution in [3.63, 3.8) is 0 Å². The molecule has 0 saturated heterocycles. The van der Waals surface area contributed by atoms with Crippen LogP contribution < -0.4 is 0 Å². The molecular weight excluding hydrogens is 476 g/mol. The molecule has 0 radical (unpaired) electrons. The van der Waals surface area contributed by atoms with Gasteiger partial charge in [0.25, 0.3) is 0 Å². The molecule has 2 N–H and O–H groups in total. The molecule has 220 valence electrons. The summed E-state index contributed by atoms with van der Waals surface area (Å²) in [5.41, 5.74) is 4.76. The molecule has 0 fully saturated rings. The minimum Gasteiger partial charge on any atom is -0.508 e. The number of phenols is 2. The van der Waals surface area contributed by atoms with Gasteiger partial charge in [-0.3, -0.25) is 0 Å². The Balaban J connectivity index is 1.88. The summed E-state index contributed by atoms with van der Waals surface area (Å²) in [7, 11) is 0. The van der Waals surface area contributed by atoms with Gasteiger partial charge < -0.3 is 10.2 Å². The van der Waals surface area contributed by atoms with Crippen LogP contribution >= 0.6 is 0 Å². The van der Waals surface area contributed by atoms with Gasteiger partial charge in [0.2, 0.25) is 0 Å². The largest absolute Gasteiger partial charge is 0.508 e. The number of hydrogen-bond donors (Lipinski definition) is 2. The van der Waals surface area contributed by atoms with Crippen LogP contribution in [-0.4, -0.2) is 10.2 Å². The van der Waals surface area contributed by atoms with Crippen LogP contribution in [0.4, 0.5) is 0 Å². The summed E-state index contributed by atoms with van der Waals surface area (Å²) in [6, 6.07) is 12.5. The van der Waals surface area contributed by atoms with Crippen molar-refractivity contribution in [2.75, 3.05) is 0 Å². The normalized spacial score (nSPS) is 11.5. The van der Waals surface area contributed by atoms with E-state index >= 15 is 0 Å². The Morgan fingerprint density at radius 3 is 1.21 bits per heavy atom. The molecule has 0 aliphatic carbocycles. The summed E-state index contributed by atoms with van der Waals surface area (Å²) in [6.45, 7) is 6.69. The summed E-state index contributed by atoms with van der Waals surface area (Å²) in [4.78, 5) is 0. The molecule has 0 unspecified atom stereocenters. The van der Waals surface area contributed by atoms with Gasteiger partial charge in [0.1, 0.15) is 11.5 Å². The molecule has 2 heteroatoms. The van der Waals surface area contributed by atoms with Crippen LogP contribution in [0.3, 0.4) is 0 Å². The third-order valence-corrected chi connectivity index (χ3v) is 8.46. The third kappa shape index (κ3) is 13.3.